The molecule has 0 aromatic rings. The Morgan fingerprint density at radius 2 is 1.31 bits per heavy atom. The minimum atomic E-state index is -2.25. The summed E-state index contributed by atoms with van der Waals surface area (Å²) >= 11 is 9.45. The normalized spacial score (nSPS) is 11.2. The van der Waals surface area contributed by atoms with Gasteiger partial charge in [-0.15, -0.1) is 0 Å². The van der Waals surface area contributed by atoms with E-state index < -0.39 is 5.69 Å². The van der Waals surface area contributed by atoms with Crippen LogP contribution in [0.25, 0.3) is 0 Å². The first kappa shape index (κ1) is 20.0. The minimum absolute atomic E-state index is 0. The molecule has 0 saturated heterocycles. The van der Waals surface area contributed by atoms with Crippen molar-refractivity contribution < 1.29 is 9.05 Å². The standard InChI is InChI=1S/C10H23O2PS2.Sn.2H/c1-3-5-7-9-11-13(14,15)12-10-8-6-4-2;;;/h3-10H2,1-2H3,(H,14,15);;;. The first-order valence-corrected chi connectivity index (χ1v) is 9.53. The molecule has 2 nitrogen and oxygen atoms in total. The molecule has 6 heteroatoms. The first-order chi connectivity index (χ1) is 7.12. The van der Waals surface area contributed by atoms with Gasteiger partial charge in [0.1, 0.15) is 0 Å². The van der Waals surface area contributed by atoms with E-state index in [1.807, 2.05) is 0 Å². The second-order valence-electron chi connectivity index (χ2n) is 3.55. The Morgan fingerprint density at radius 1 is 0.938 bits per heavy atom. The van der Waals surface area contributed by atoms with Gasteiger partial charge in [-0.2, -0.15) is 0 Å². The van der Waals surface area contributed by atoms with E-state index in [2.05, 4.69) is 26.1 Å². The Balaban J connectivity index is 0. The van der Waals surface area contributed by atoms with Gasteiger partial charge in [-0.25, -0.2) is 0 Å². The Kier molecular flexibility index (Phi) is 16.5. The topological polar surface area (TPSA) is 18.5 Å². The number of hydrogen-bond donors (Lipinski definition) is 1. The molecule has 2 radical (unpaired) electrons. The van der Waals surface area contributed by atoms with Crippen LogP contribution >= 0.6 is 17.9 Å². The zero-order valence-electron chi connectivity index (χ0n) is 10.5. The van der Waals surface area contributed by atoms with Crippen LogP contribution in [0, 0.1) is 0 Å². The van der Waals surface area contributed by atoms with Crippen molar-refractivity contribution in [1.82, 2.24) is 0 Å². The molecular formula is C10H25O2PS2Sn. The van der Waals surface area contributed by atoms with Crippen LogP contribution in [0.4, 0.5) is 0 Å². The molecule has 0 aliphatic heterocycles. The molecule has 0 aliphatic carbocycles. The van der Waals surface area contributed by atoms with E-state index in [-0.39, 0.29) is 23.9 Å². The van der Waals surface area contributed by atoms with Gasteiger partial charge in [-0.3, -0.25) is 0 Å². The summed E-state index contributed by atoms with van der Waals surface area (Å²) in [4.78, 5) is 0. The molecule has 0 aromatic heterocycles. The molecular weight excluding hydrogens is 366 g/mol. The predicted octanol–water partition coefficient (Wildman–Crippen LogP) is 3.64. The van der Waals surface area contributed by atoms with Crippen molar-refractivity contribution in [3.05, 3.63) is 0 Å². The quantitative estimate of drug-likeness (QED) is 0.266. The molecule has 0 unspecified atom stereocenters. The van der Waals surface area contributed by atoms with Crippen molar-refractivity contribution in [2.45, 2.75) is 52.4 Å². The van der Waals surface area contributed by atoms with Crippen molar-refractivity contribution in [2.75, 3.05) is 13.2 Å². The summed E-state index contributed by atoms with van der Waals surface area (Å²) in [6, 6.07) is 0. The van der Waals surface area contributed by atoms with Crippen molar-refractivity contribution in [3.63, 3.8) is 0 Å². The monoisotopic (exact) mass is 392 g/mol. The third-order valence-corrected chi connectivity index (χ3v) is 4.35. The van der Waals surface area contributed by atoms with Crippen molar-refractivity contribution >= 4 is 53.7 Å². The van der Waals surface area contributed by atoms with Crippen LogP contribution in [0.1, 0.15) is 52.4 Å². The molecule has 0 fully saturated rings. The SMILES string of the molecule is CCCCCOP(=S)(S)OCCCCC.[SnH2]. The maximum absolute atomic E-state index is 5.48. The van der Waals surface area contributed by atoms with Gasteiger partial charge >= 0.3 is 23.9 Å². The van der Waals surface area contributed by atoms with E-state index in [1.54, 1.807) is 0 Å². The fourth-order valence-corrected chi connectivity index (χ4v) is 2.83. The Morgan fingerprint density at radius 3 is 1.62 bits per heavy atom. The molecule has 0 aromatic carbocycles. The third kappa shape index (κ3) is 13.8. The van der Waals surface area contributed by atoms with Crippen molar-refractivity contribution in [1.29, 1.82) is 0 Å². The van der Waals surface area contributed by atoms with Gasteiger partial charge in [-0.05, 0) is 24.6 Å². The van der Waals surface area contributed by atoms with Gasteiger partial charge in [-0.1, -0.05) is 51.8 Å². The Labute approximate surface area is 128 Å². The van der Waals surface area contributed by atoms with Crippen molar-refractivity contribution in [3.8, 4) is 0 Å². The van der Waals surface area contributed by atoms with Crippen LogP contribution in [0.5, 0.6) is 0 Å². The molecule has 16 heavy (non-hydrogen) atoms. The van der Waals surface area contributed by atoms with Crippen LogP contribution in [-0.2, 0) is 20.9 Å². The summed E-state index contributed by atoms with van der Waals surface area (Å²) in [5.74, 6) is 0. The number of unbranched alkanes of at least 4 members (excludes halogenated alkanes) is 4. The fraction of sp³-hybridized carbons (Fsp3) is 1.00. The van der Waals surface area contributed by atoms with Gasteiger partial charge in [0.05, 0.1) is 13.2 Å². The Hall–Kier alpha value is 1.72. The van der Waals surface area contributed by atoms with Crippen LogP contribution in [-0.4, -0.2) is 37.1 Å². The summed E-state index contributed by atoms with van der Waals surface area (Å²) in [6.45, 7) is 5.70. The van der Waals surface area contributed by atoms with Crippen LogP contribution in [0.15, 0.2) is 0 Å². The summed E-state index contributed by atoms with van der Waals surface area (Å²) in [6.07, 6.45) is 6.84. The summed E-state index contributed by atoms with van der Waals surface area (Å²) < 4.78 is 11.0. The predicted molar refractivity (Wildman–Crippen MR) is 82.8 cm³/mol. The third-order valence-electron chi connectivity index (χ3n) is 2.00. The first-order valence-electron chi connectivity index (χ1n) is 5.74. The molecule has 0 amide bonds. The van der Waals surface area contributed by atoms with E-state index in [0.717, 1.165) is 12.8 Å². The van der Waals surface area contributed by atoms with E-state index in [0.29, 0.717) is 13.2 Å². The second-order valence-corrected chi connectivity index (χ2v) is 8.84. The number of rotatable bonds is 10. The molecule has 0 saturated carbocycles. The zero-order chi connectivity index (χ0) is 11.6. The van der Waals surface area contributed by atoms with E-state index >= 15 is 0 Å². The van der Waals surface area contributed by atoms with Crippen LogP contribution in [0.3, 0.4) is 0 Å². The van der Waals surface area contributed by atoms with E-state index in [9.17, 15) is 0 Å². The molecule has 0 N–H and O–H groups in total. The number of hydrogen-bond acceptors (Lipinski definition) is 3. The Bertz CT molecular complexity index is 178. The van der Waals surface area contributed by atoms with Gasteiger partial charge in [0.15, 0.2) is 0 Å². The maximum atomic E-state index is 5.48. The van der Waals surface area contributed by atoms with Crippen molar-refractivity contribution in [2.24, 2.45) is 0 Å². The van der Waals surface area contributed by atoms with Gasteiger partial charge in [0, 0.05) is 0 Å². The van der Waals surface area contributed by atoms with E-state index in [1.165, 1.54) is 25.7 Å². The fourth-order valence-electron chi connectivity index (χ4n) is 1.10. The molecule has 0 heterocycles. The molecule has 0 aliphatic rings. The van der Waals surface area contributed by atoms with Crippen LogP contribution in [0.2, 0.25) is 0 Å². The molecule has 0 bridgehead atoms. The van der Waals surface area contributed by atoms with Gasteiger partial charge in [0.2, 0.25) is 5.69 Å². The molecule has 0 rings (SSSR count). The summed E-state index contributed by atoms with van der Waals surface area (Å²) in [5, 5.41) is 0. The summed E-state index contributed by atoms with van der Waals surface area (Å²) in [5.41, 5.74) is -2.25. The van der Waals surface area contributed by atoms with Gasteiger partial charge in [0.25, 0.3) is 0 Å². The van der Waals surface area contributed by atoms with Crippen LogP contribution < -0.4 is 0 Å². The molecule has 0 spiro atoms. The molecule has 0 atom stereocenters. The molecule has 98 valence electrons. The van der Waals surface area contributed by atoms with E-state index in [4.69, 9.17) is 20.9 Å². The van der Waals surface area contributed by atoms with Gasteiger partial charge < -0.3 is 9.05 Å². The average Bonchev–Trinajstić information content (AvgIpc) is 2.20. The average molecular weight is 391 g/mol. The second kappa shape index (κ2) is 13.2. The summed E-state index contributed by atoms with van der Waals surface area (Å²) in [7, 11) is 0. The number of thiol groups is 1. The zero-order valence-corrected chi connectivity index (χ0v) is 17.1.